The van der Waals surface area contributed by atoms with Crippen LogP contribution in [-0.4, -0.2) is 55.5 Å². The molecule has 1 unspecified atom stereocenters. The summed E-state index contributed by atoms with van der Waals surface area (Å²) in [4.78, 5) is 23.3. The van der Waals surface area contributed by atoms with E-state index in [9.17, 15) is 4.79 Å². The fourth-order valence-corrected chi connectivity index (χ4v) is 3.82. The highest BCUT2D eigenvalue weighted by atomic mass is 16.6. The van der Waals surface area contributed by atoms with Crippen LogP contribution < -0.4 is 5.32 Å². The molecule has 150 valence electrons. The number of aryl methyl sites for hydroxylation is 2. The van der Waals surface area contributed by atoms with Crippen molar-refractivity contribution in [1.29, 1.82) is 0 Å². The van der Waals surface area contributed by atoms with Gasteiger partial charge < -0.3 is 15.0 Å². The van der Waals surface area contributed by atoms with E-state index in [0.29, 0.717) is 12.4 Å². The number of carbonyl (C=O) groups excluding carboxylic acids is 1. The third kappa shape index (κ3) is 3.68. The maximum atomic E-state index is 12.5. The molecule has 1 N–H and O–H groups in total. The summed E-state index contributed by atoms with van der Waals surface area (Å²) in [6.45, 7) is 9.04. The van der Waals surface area contributed by atoms with E-state index in [2.05, 4.69) is 15.4 Å². The first-order valence-electron chi connectivity index (χ1n) is 9.73. The SMILES string of the molecule is Cc1nc(NC2CN(C(=O)OC(C)(C)C)CC23CC3)ccc1-c1ncn(C)n1. The van der Waals surface area contributed by atoms with Gasteiger partial charge in [-0.25, -0.2) is 14.8 Å². The van der Waals surface area contributed by atoms with Gasteiger partial charge in [-0.3, -0.25) is 4.68 Å². The number of hydrogen-bond donors (Lipinski definition) is 1. The van der Waals surface area contributed by atoms with Crippen molar-refractivity contribution in [3.63, 3.8) is 0 Å². The van der Waals surface area contributed by atoms with Gasteiger partial charge in [0, 0.05) is 31.1 Å². The van der Waals surface area contributed by atoms with Crippen molar-refractivity contribution in [2.24, 2.45) is 12.5 Å². The van der Waals surface area contributed by atoms with Crippen molar-refractivity contribution >= 4 is 11.9 Å². The Bertz CT molecular complexity index is 896. The lowest BCUT2D eigenvalue weighted by atomic mass is 10.0. The second-order valence-electron chi connectivity index (χ2n) is 8.99. The van der Waals surface area contributed by atoms with Crippen molar-refractivity contribution in [2.45, 2.75) is 52.2 Å². The topological polar surface area (TPSA) is 85.2 Å². The number of hydrogen-bond acceptors (Lipinski definition) is 6. The molecule has 2 aromatic heterocycles. The number of pyridine rings is 1. The molecule has 8 nitrogen and oxygen atoms in total. The van der Waals surface area contributed by atoms with E-state index < -0.39 is 5.60 Å². The Morgan fingerprint density at radius 1 is 1.32 bits per heavy atom. The van der Waals surface area contributed by atoms with Crippen molar-refractivity contribution in [3.8, 4) is 11.4 Å². The molecule has 0 bridgehead atoms. The van der Waals surface area contributed by atoms with Crippen LogP contribution in [0.2, 0.25) is 0 Å². The average Bonchev–Trinajstić information content (AvgIpc) is 3.10. The maximum Gasteiger partial charge on any atom is 0.410 e. The van der Waals surface area contributed by atoms with E-state index in [0.717, 1.165) is 36.5 Å². The Hall–Kier alpha value is -2.64. The van der Waals surface area contributed by atoms with Crippen LogP contribution in [0.3, 0.4) is 0 Å². The first-order chi connectivity index (χ1) is 13.2. The van der Waals surface area contributed by atoms with Gasteiger partial charge in [-0.15, -0.1) is 0 Å². The van der Waals surface area contributed by atoms with Gasteiger partial charge in [-0.2, -0.15) is 5.10 Å². The first-order valence-corrected chi connectivity index (χ1v) is 9.73. The number of likely N-dealkylation sites (tertiary alicyclic amines) is 1. The molecule has 4 rings (SSSR count). The predicted octanol–water partition coefficient (Wildman–Crippen LogP) is 3.00. The normalized spacial score (nSPS) is 20.5. The van der Waals surface area contributed by atoms with Crippen molar-refractivity contribution in [3.05, 3.63) is 24.2 Å². The van der Waals surface area contributed by atoms with Crippen LogP contribution in [-0.2, 0) is 11.8 Å². The molecule has 0 aromatic carbocycles. The zero-order chi connectivity index (χ0) is 20.1. The maximum absolute atomic E-state index is 12.5. The number of rotatable bonds is 3. The molecule has 1 saturated carbocycles. The highest BCUT2D eigenvalue weighted by Crippen LogP contribution is 2.53. The number of aromatic nitrogens is 4. The van der Waals surface area contributed by atoms with Crippen LogP contribution in [0.15, 0.2) is 18.5 Å². The number of carbonyl (C=O) groups is 1. The van der Waals surface area contributed by atoms with Gasteiger partial charge in [0.1, 0.15) is 17.7 Å². The van der Waals surface area contributed by atoms with Gasteiger partial charge >= 0.3 is 6.09 Å². The summed E-state index contributed by atoms with van der Waals surface area (Å²) in [7, 11) is 1.85. The fourth-order valence-electron chi connectivity index (χ4n) is 3.82. The third-order valence-electron chi connectivity index (χ3n) is 5.44. The Balaban J connectivity index is 1.47. The van der Waals surface area contributed by atoms with Crippen molar-refractivity contribution < 1.29 is 9.53 Å². The van der Waals surface area contributed by atoms with Gasteiger partial charge in [-0.05, 0) is 52.7 Å². The third-order valence-corrected chi connectivity index (χ3v) is 5.44. The molecule has 2 aliphatic rings. The minimum atomic E-state index is -0.479. The minimum Gasteiger partial charge on any atom is -0.444 e. The van der Waals surface area contributed by atoms with E-state index in [1.54, 1.807) is 11.0 Å². The highest BCUT2D eigenvalue weighted by molar-refractivity contribution is 5.69. The zero-order valence-electron chi connectivity index (χ0n) is 17.2. The molecule has 0 radical (unpaired) electrons. The molecule has 8 heteroatoms. The summed E-state index contributed by atoms with van der Waals surface area (Å²) in [5.41, 5.74) is 1.47. The van der Waals surface area contributed by atoms with E-state index >= 15 is 0 Å². The Labute approximate surface area is 165 Å². The van der Waals surface area contributed by atoms with E-state index in [1.807, 2.05) is 51.8 Å². The van der Waals surface area contributed by atoms with E-state index in [1.165, 1.54) is 0 Å². The number of amides is 1. The summed E-state index contributed by atoms with van der Waals surface area (Å²) >= 11 is 0. The quantitative estimate of drug-likeness (QED) is 0.876. The summed E-state index contributed by atoms with van der Waals surface area (Å²) in [6.07, 6.45) is 3.70. The Morgan fingerprint density at radius 2 is 2.07 bits per heavy atom. The van der Waals surface area contributed by atoms with Gasteiger partial charge in [-0.1, -0.05) is 0 Å². The highest BCUT2D eigenvalue weighted by Gasteiger charge is 2.56. The second-order valence-corrected chi connectivity index (χ2v) is 8.99. The van der Waals surface area contributed by atoms with Crippen LogP contribution in [0.5, 0.6) is 0 Å². The Kier molecular flexibility index (Phi) is 4.32. The van der Waals surface area contributed by atoms with E-state index in [-0.39, 0.29) is 17.6 Å². The van der Waals surface area contributed by atoms with Crippen LogP contribution in [0, 0.1) is 12.3 Å². The number of ether oxygens (including phenoxy) is 1. The summed E-state index contributed by atoms with van der Waals surface area (Å²) in [5, 5.41) is 7.91. The minimum absolute atomic E-state index is 0.147. The molecule has 28 heavy (non-hydrogen) atoms. The molecule has 1 spiro atoms. The molecule has 3 heterocycles. The molecular weight excluding hydrogens is 356 g/mol. The standard InChI is InChI=1S/C20H28N6O2/c1-13-14(17-21-12-25(5)24-17)6-7-16(22-13)23-15-10-26(11-20(15)8-9-20)18(27)28-19(2,3)4/h6-7,12,15H,8-11H2,1-5H3,(H,22,23). The fraction of sp³-hybridized carbons (Fsp3) is 0.600. The molecule has 2 aromatic rings. The predicted molar refractivity (Wildman–Crippen MR) is 106 cm³/mol. The van der Waals surface area contributed by atoms with Crippen LogP contribution >= 0.6 is 0 Å². The number of nitrogens with zero attached hydrogens (tertiary/aromatic N) is 5. The Morgan fingerprint density at radius 3 is 2.64 bits per heavy atom. The molecule has 1 aliphatic carbocycles. The molecule has 1 aliphatic heterocycles. The van der Waals surface area contributed by atoms with Crippen molar-refractivity contribution in [1.82, 2.24) is 24.6 Å². The smallest absolute Gasteiger partial charge is 0.410 e. The molecular formula is C20H28N6O2. The largest absolute Gasteiger partial charge is 0.444 e. The van der Waals surface area contributed by atoms with Gasteiger partial charge in [0.15, 0.2) is 5.82 Å². The lowest BCUT2D eigenvalue weighted by Crippen LogP contribution is -2.36. The average molecular weight is 384 g/mol. The first kappa shape index (κ1) is 18.7. The van der Waals surface area contributed by atoms with Crippen molar-refractivity contribution in [2.75, 3.05) is 18.4 Å². The monoisotopic (exact) mass is 384 g/mol. The summed E-state index contributed by atoms with van der Waals surface area (Å²) < 4.78 is 7.24. The summed E-state index contributed by atoms with van der Waals surface area (Å²) in [5.74, 6) is 1.49. The number of nitrogens with one attached hydrogen (secondary N) is 1. The zero-order valence-corrected chi connectivity index (χ0v) is 17.2. The van der Waals surface area contributed by atoms with E-state index in [4.69, 9.17) is 9.72 Å². The number of anilines is 1. The molecule has 1 atom stereocenters. The summed E-state index contributed by atoms with van der Waals surface area (Å²) in [6, 6.07) is 4.15. The lowest BCUT2D eigenvalue weighted by Gasteiger charge is -2.24. The molecule has 2 fully saturated rings. The van der Waals surface area contributed by atoms with Crippen LogP contribution in [0.25, 0.3) is 11.4 Å². The van der Waals surface area contributed by atoms with Gasteiger partial charge in [0.25, 0.3) is 0 Å². The second kappa shape index (κ2) is 6.46. The van der Waals surface area contributed by atoms with Gasteiger partial charge in [0.05, 0.1) is 11.7 Å². The van der Waals surface area contributed by atoms with Gasteiger partial charge in [0.2, 0.25) is 0 Å². The molecule has 1 saturated heterocycles. The van der Waals surface area contributed by atoms with Crippen LogP contribution in [0.4, 0.5) is 10.6 Å². The van der Waals surface area contributed by atoms with Crippen LogP contribution in [0.1, 0.15) is 39.3 Å². The molecule has 1 amide bonds. The lowest BCUT2D eigenvalue weighted by molar-refractivity contribution is 0.0285.